The van der Waals surface area contributed by atoms with Crippen LogP contribution in [0.15, 0.2) is 16.5 Å². The van der Waals surface area contributed by atoms with Gasteiger partial charge in [0.05, 0.1) is 7.11 Å². The van der Waals surface area contributed by atoms with Gasteiger partial charge in [0.2, 0.25) is 0 Å². The number of halogens is 1. The number of carbonyl (C=O) groups is 2. The molecule has 5 heteroatoms. The van der Waals surface area contributed by atoms with Crippen molar-refractivity contribution in [2.24, 2.45) is 0 Å². The van der Waals surface area contributed by atoms with Gasteiger partial charge in [0.25, 0.3) is 0 Å². The topological polar surface area (TPSA) is 56.5 Å². The largest absolute Gasteiger partial charge is 0.468 e. The number of carbonyl (C=O) groups excluding carboxylic acids is 2. The molecule has 1 unspecified atom stereocenters. The minimum atomic E-state index is -0.446. The summed E-state index contributed by atoms with van der Waals surface area (Å²) in [5, 5.41) is 0. The SMILES string of the molecule is COC(=O)C(Br)Cc1ccc(C=O)o1. The van der Waals surface area contributed by atoms with E-state index in [1.807, 2.05) is 0 Å². The molecule has 0 amide bonds. The highest BCUT2D eigenvalue weighted by molar-refractivity contribution is 9.10. The van der Waals surface area contributed by atoms with E-state index in [1.54, 1.807) is 12.1 Å². The fourth-order valence-corrected chi connectivity index (χ4v) is 1.46. The molecule has 0 radical (unpaired) electrons. The summed E-state index contributed by atoms with van der Waals surface area (Å²) in [5.41, 5.74) is 0. The molecule has 1 heterocycles. The number of rotatable bonds is 4. The molecule has 4 nitrogen and oxygen atoms in total. The highest BCUT2D eigenvalue weighted by atomic mass is 79.9. The van der Waals surface area contributed by atoms with E-state index in [4.69, 9.17) is 4.42 Å². The van der Waals surface area contributed by atoms with Crippen molar-refractivity contribution in [3.8, 4) is 0 Å². The molecule has 76 valence electrons. The van der Waals surface area contributed by atoms with Gasteiger partial charge in [-0.05, 0) is 12.1 Å². The van der Waals surface area contributed by atoms with Crippen LogP contribution in [0.2, 0.25) is 0 Å². The van der Waals surface area contributed by atoms with Gasteiger partial charge >= 0.3 is 5.97 Å². The summed E-state index contributed by atoms with van der Waals surface area (Å²) < 4.78 is 9.61. The molecular formula is C9H9BrO4. The third-order valence-electron chi connectivity index (χ3n) is 1.64. The molecule has 0 aliphatic carbocycles. The number of methoxy groups -OCH3 is 1. The molecule has 0 fully saturated rings. The van der Waals surface area contributed by atoms with Crippen LogP contribution < -0.4 is 0 Å². The van der Waals surface area contributed by atoms with Crippen LogP contribution in [-0.2, 0) is 16.0 Å². The van der Waals surface area contributed by atoms with E-state index in [2.05, 4.69) is 20.7 Å². The number of furan rings is 1. The molecule has 0 aromatic carbocycles. The second kappa shape index (κ2) is 4.95. The fraction of sp³-hybridized carbons (Fsp3) is 0.333. The van der Waals surface area contributed by atoms with Gasteiger partial charge < -0.3 is 9.15 Å². The lowest BCUT2D eigenvalue weighted by Gasteiger charge is -2.04. The van der Waals surface area contributed by atoms with Crippen LogP contribution in [0.5, 0.6) is 0 Å². The number of aldehydes is 1. The van der Waals surface area contributed by atoms with Crippen molar-refractivity contribution >= 4 is 28.2 Å². The predicted molar refractivity (Wildman–Crippen MR) is 52.5 cm³/mol. The minimum absolute atomic E-state index is 0.254. The summed E-state index contributed by atoms with van der Waals surface area (Å²) in [7, 11) is 1.32. The van der Waals surface area contributed by atoms with Gasteiger partial charge in [-0.25, -0.2) is 0 Å². The van der Waals surface area contributed by atoms with E-state index >= 15 is 0 Å². The Balaban J connectivity index is 2.59. The Morgan fingerprint density at radius 2 is 2.43 bits per heavy atom. The average Bonchev–Trinajstić information content (AvgIpc) is 2.64. The monoisotopic (exact) mass is 260 g/mol. The zero-order valence-electron chi connectivity index (χ0n) is 7.53. The molecule has 0 bridgehead atoms. The standard InChI is InChI=1S/C9H9BrO4/c1-13-9(12)8(10)4-6-2-3-7(5-11)14-6/h2-3,5,8H,4H2,1H3. The van der Waals surface area contributed by atoms with Crippen molar-refractivity contribution in [3.63, 3.8) is 0 Å². The van der Waals surface area contributed by atoms with Crippen molar-refractivity contribution < 1.29 is 18.7 Å². The lowest BCUT2D eigenvalue weighted by molar-refractivity contribution is -0.139. The fourth-order valence-electron chi connectivity index (χ4n) is 0.955. The molecule has 0 aliphatic heterocycles. The molecule has 1 aromatic rings. The normalized spacial score (nSPS) is 12.1. The quantitative estimate of drug-likeness (QED) is 0.469. The van der Waals surface area contributed by atoms with Crippen LogP contribution in [0.1, 0.15) is 16.3 Å². The van der Waals surface area contributed by atoms with Crippen LogP contribution in [-0.4, -0.2) is 24.2 Å². The molecule has 0 saturated heterocycles. The highest BCUT2D eigenvalue weighted by Gasteiger charge is 2.17. The van der Waals surface area contributed by atoms with Gasteiger partial charge in [0, 0.05) is 6.42 Å². The Hall–Kier alpha value is -1.10. The Morgan fingerprint density at radius 3 is 2.93 bits per heavy atom. The maximum Gasteiger partial charge on any atom is 0.319 e. The molecule has 0 spiro atoms. The van der Waals surface area contributed by atoms with Crippen LogP contribution in [0.3, 0.4) is 0 Å². The van der Waals surface area contributed by atoms with E-state index in [1.165, 1.54) is 7.11 Å². The number of esters is 1. The maximum atomic E-state index is 11.0. The van der Waals surface area contributed by atoms with E-state index < -0.39 is 4.83 Å². The number of hydrogen-bond acceptors (Lipinski definition) is 4. The lowest BCUT2D eigenvalue weighted by Crippen LogP contribution is -2.17. The van der Waals surface area contributed by atoms with Gasteiger partial charge in [-0.1, -0.05) is 15.9 Å². The first kappa shape index (κ1) is 11.0. The summed E-state index contributed by atoms with van der Waals surface area (Å²) >= 11 is 3.15. The summed E-state index contributed by atoms with van der Waals surface area (Å²) in [6.45, 7) is 0. The maximum absolute atomic E-state index is 11.0. The molecule has 1 atom stereocenters. The molecule has 1 aromatic heterocycles. The van der Waals surface area contributed by atoms with Crippen LogP contribution in [0, 0.1) is 0 Å². The zero-order valence-corrected chi connectivity index (χ0v) is 9.11. The summed E-state index contributed by atoms with van der Waals surface area (Å²) in [6, 6.07) is 3.21. The Bertz CT molecular complexity index is 331. The molecule has 14 heavy (non-hydrogen) atoms. The van der Waals surface area contributed by atoms with E-state index in [0.717, 1.165) is 0 Å². The Kier molecular flexibility index (Phi) is 3.88. The van der Waals surface area contributed by atoms with Crippen molar-refractivity contribution in [2.75, 3.05) is 7.11 Å². The summed E-state index contributed by atoms with van der Waals surface area (Å²) in [5.74, 6) is 0.456. The zero-order chi connectivity index (χ0) is 10.6. The van der Waals surface area contributed by atoms with E-state index in [9.17, 15) is 9.59 Å². The Morgan fingerprint density at radius 1 is 1.71 bits per heavy atom. The van der Waals surface area contributed by atoms with Gasteiger partial charge in [-0.3, -0.25) is 9.59 Å². The average molecular weight is 261 g/mol. The van der Waals surface area contributed by atoms with Gasteiger partial charge in [0.15, 0.2) is 12.0 Å². The van der Waals surface area contributed by atoms with Crippen molar-refractivity contribution in [1.82, 2.24) is 0 Å². The molecule has 0 aliphatic rings. The van der Waals surface area contributed by atoms with Gasteiger partial charge in [-0.15, -0.1) is 0 Å². The van der Waals surface area contributed by atoms with Crippen molar-refractivity contribution in [1.29, 1.82) is 0 Å². The van der Waals surface area contributed by atoms with E-state index in [0.29, 0.717) is 18.5 Å². The minimum Gasteiger partial charge on any atom is -0.468 e. The molecular weight excluding hydrogens is 252 g/mol. The lowest BCUT2D eigenvalue weighted by atomic mass is 10.2. The van der Waals surface area contributed by atoms with Gasteiger partial charge in [-0.2, -0.15) is 0 Å². The smallest absolute Gasteiger partial charge is 0.319 e. The van der Waals surface area contributed by atoms with Crippen molar-refractivity contribution in [3.05, 3.63) is 23.7 Å². The molecule has 0 saturated carbocycles. The molecule has 1 rings (SSSR count). The summed E-state index contributed by atoms with van der Waals surface area (Å²) in [6.07, 6.45) is 0.978. The van der Waals surface area contributed by atoms with Gasteiger partial charge in [0.1, 0.15) is 10.6 Å². The number of ether oxygens (including phenoxy) is 1. The third kappa shape index (κ3) is 2.70. The van der Waals surface area contributed by atoms with Crippen LogP contribution in [0.25, 0.3) is 0 Å². The van der Waals surface area contributed by atoms with Crippen LogP contribution >= 0.6 is 15.9 Å². The first-order valence-electron chi connectivity index (χ1n) is 3.93. The first-order valence-corrected chi connectivity index (χ1v) is 4.84. The first-order chi connectivity index (χ1) is 6.67. The highest BCUT2D eigenvalue weighted by Crippen LogP contribution is 2.13. The molecule has 0 N–H and O–H groups in total. The Labute approximate surface area is 89.4 Å². The second-order valence-corrected chi connectivity index (χ2v) is 3.72. The predicted octanol–water partition coefficient (Wildman–Crippen LogP) is 1.57. The van der Waals surface area contributed by atoms with E-state index in [-0.39, 0.29) is 11.7 Å². The van der Waals surface area contributed by atoms with Crippen molar-refractivity contribution in [2.45, 2.75) is 11.2 Å². The van der Waals surface area contributed by atoms with Crippen LogP contribution in [0.4, 0.5) is 0 Å². The number of hydrogen-bond donors (Lipinski definition) is 0. The third-order valence-corrected chi connectivity index (χ3v) is 2.33. The number of alkyl halides is 1. The summed E-state index contributed by atoms with van der Waals surface area (Å²) in [4.78, 5) is 20.9. The second-order valence-electron chi connectivity index (χ2n) is 2.62.